The van der Waals surface area contributed by atoms with Crippen molar-refractivity contribution in [2.75, 3.05) is 0 Å². The van der Waals surface area contributed by atoms with Gasteiger partial charge in [0, 0.05) is 21.5 Å². The van der Waals surface area contributed by atoms with Crippen molar-refractivity contribution < 1.29 is 9.90 Å². The van der Waals surface area contributed by atoms with Crippen LogP contribution in [-0.2, 0) is 0 Å². The van der Waals surface area contributed by atoms with Crippen molar-refractivity contribution in [3.63, 3.8) is 0 Å². The van der Waals surface area contributed by atoms with Crippen LogP contribution in [0.25, 0.3) is 33.3 Å². The number of rotatable bonds is 3. The molecule has 1 heterocycles. The van der Waals surface area contributed by atoms with Gasteiger partial charge in [0.2, 0.25) is 0 Å². The molecule has 0 atom stereocenters. The molecule has 4 aromatic rings. The Labute approximate surface area is 155 Å². The van der Waals surface area contributed by atoms with Crippen LogP contribution >= 0.6 is 11.6 Å². The van der Waals surface area contributed by atoms with E-state index in [1.165, 1.54) is 0 Å². The Bertz CT molecular complexity index is 1110. The minimum absolute atomic E-state index is 0.247. The second kappa shape index (κ2) is 6.62. The smallest absolute Gasteiger partial charge is 0.337 e. The number of pyridine rings is 1. The summed E-state index contributed by atoms with van der Waals surface area (Å²) in [5.41, 5.74) is 3.77. The molecule has 3 aromatic carbocycles. The zero-order chi connectivity index (χ0) is 18.1. The summed E-state index contributed by atoms with van der Waals surface area (Å²) in [4.78, 5) is 17.0. The highest BCUT2D eigenvalue weighted by atomic mass is 35.5. The molecule has 4 heteroatoms. The van der Waals surface area contributed by atoms with Gasteiger partial charge in [-0.05, 0) is 23.8 Å². The molecular weight excluding hydrogens is 346 g/mol. The van der Waals surface area contributed by atoms with Crippen molar-refractivity contribution in [2.45, 2.75) is 0 Å². The van der Waals surface area contributed by atoms with Gasteiger partial charge >= 0.3 is 5.97 Å². The van der Waals surface area contributed by atoms with Crippen LogP contribution in [0, 0.1) is 0 Å². The summed E-state index contributed by atoms with van der Waals surface area (Å²) in [5.74, 6) is -0.981. The fraction of sp³-hybridized carbons (Fsp3) is 0. The highest BCUT2D eigenvalue weighted by molar-refractivity contribution is 6.30. The predicted molar refractivity (Wildman–Crippen MR) is 105 cm³/mol. The van der Waals surface area contributed by atoms with Gasteiger partial charge in [-0.1, -0.05) is 72.3 Å². The van der Waals surface area contributed by atoms with Gasteiger partial charge in [-0.15, -0.1) is 0 Å². The summed E-state index contributed by atoms with van der Waals surface area (Å²) in [6.07, 6.45) is 0. The number of hydrogen-bond acceptors (Lipinski definition) is 2. The summed E-state index contributed by atoms with van der Waals surface area (Å²) >= 11 is 6.02. The molecule has 26 heavy (non-hydrogen) atoms. The van der Waals surface area contributed by atoms with Gasteiger partial charge in [0.05, 0.1) is 16.8 Å². The number of carbonyl (C=O) groups is 1. The molecule has 1 aromatic heterocycles. The second-order valence-electron chi connectivity index (χ2n) is 5.91. The van der Waals surface area contributed by atoms with Crippen LogP contribution < -0.4 is 0 Å². The van der Waals surface area contributed by atoms with Crippen molar-refractivity contribution in [1.29, 1.82) is 0 Å². The Morgan fingerprint density at radius 2 is 1.46 bits per heavy atom. The maximum Gasteiger partial charge on any atom is 0.337 e. The normalized spacial score (nSPS) is 10.8. The number of carboxylic acids is 1. The number of aromatic nitrogens is 1. The van der Waals surface area contributed by atoms with E-state index in [2.05, 4.69) is 0 Å². The standard InChI is InChI=1S/C22H14ClNO2/c23-16-12-10-14(11-13-16)19-20(22(25)26)17-8-4-5-9-18(17)24-21(19)15-6-2-1-3-7-15/h1-13H,(H,25,26). The average Bonchev–Trinajstić information content (AvgIpc) is 2.67. The lowest BCUT2D eigenvalue weighted by Gasteiger charge is -2.15. The van der Waals surface area contributed by atoms with E-state index in [1.54, 1.807) is 18.2 Å². The van der Waals surface area contributed by atoms with E-state index >= 15 is 0 Å². The van der Waals surface area contributed by atoms with Crippen LogP contribution in [0.4, 0.5) is 0 Å². The Balaban J connectivity index is 2.16. The molecule has 0 aliphatic heterocycles. The number of carboxylic acid groups (broad SMARTS) is 1. The second-order valence-corrected chi connectivity index (χ2v) is 6.34. The maximum atomic E-state index is 12.2. The third kappa shape index (κ3) is 2.83. The van der Waals surface area contributed by atoms with Crippen LogP contribution in [0.5, 0.6) is 0 Å². The topological polar surface area (TPSA) is 50.2 Å². The van der Waals surface area contributed by atoms with Gasteiger partial charge in [-0.25, -0.2) is 9.78 Å². The van der Waals surface area contributed by atoms with E-state index in [9.17, 15) is 9.90 Å². The largest absolute Gasteiger partial charge is 0.478 e. The molecule has 0 bridgehead atoms. The average molecular weight is 360 g/mol. The predicted octanol–water partition coefficient (Wildman–Crippen LogP) is 5.92. The lowest BCUT2D eigenvalue weighted by Crippen LogP contribution is -2.05. The molecular formula is C22H14ClNO2. The molecule has 0 amide bonds. The number of para-hydroxylation sites is 1. The Morgan fingerprint density at radius 3 is 2.15 bits per heavy atom. The van der Waals surface area contributed by atoms with E-state index in [0.717, 1.165) is 11.1 Å². The fourth-order valence-electron chi connectivity index (χ4n) is 3.14. The van der Waals surface area contributed by atoms with Gasteiger partial charge < -0.3 is 5.11 Å². The lowest BCUT2D eigenvalue weighted by atomic mass is 9.92. The van der Waals surface area contributed by atoms with Gasteiger partial charge in [0.15, 0.2) is 0 Å². The van der Waals surface area contributed by atoms with Crippen molar-refractivity contribution >= 4 is 28.5 Å². The van der Waals surface area contributed by atoms with Gasteiger partial charge in [0.25, 0.3) is 0 Å². The van der Waals surface area contributed by atoms with Crippen LogP contribution in [0.15, 0.2) is 78.9 Å². The first-order valence-corrected chi connectivity index (χ1v) is 8.50. The van der Waals surface area contributed by atoms with E-state index < -0.39 is 5.97 Å². The summed E-state index contributed by atoms with van der Waals surface area (Å²) in [5, 5.41) is 11.2. The minimum Gasteiger partial charge on any atom is -0.478 e. The van der Waals surface area contributed by atoms with E-state index in [-0.39, 0.29) is 5.56 Å². The molecule has 0 saturated heterocycles. The molecule has 0 aliphatic carbocycles. The maximum absolute atomic E-state index is 12.2. The zero-order valence-electron chi connectivity index (χ0n) is 13.7. The van der Waals surface area contributed by atoms with Crippen molar-refractivity contribution in [2.24, 2.45) is 0 Å². The summed E-state index contributed by atoms with van der Waals surface area (Å²) in [7, 11) is 0. The number of hydrogen-bond donors (Lipinski definition) is 1. The molecule has 0 aliphatic rings. The zero-order valence-corrected chi connectivity index (χ0v) is 14.4. The molecule has 126 valence electrons. The molecule has 0 radical (unpaired) electrons. The summed E-state index contributed by atoms with van der Waals surface area (Å²) in [6, 6.07) is 24.1. The first-order chi connectivity index (χ1) is 12.6. The van der Waals surface area contributed by atoms with Crippen LogP contribution in [0.3, 0.4) is 0 Å². The van der Waals surface area contributed by atoms with Crippen molar-refractivity contribution in [1.82, 2.24) is 4.98 Å². The van der Waals surface area contributed by atoms with Crippen molar-refractivity contribution in [3.05, 3.63) is 89.4 Å². The highest BCUT2D eigenvalue weighted by Crippen LogP contribution is 2.37. The number of nitrogens with zero attached hydrogens (tertiary/aromatic N) is 1. The third-order valence-electron chi connectivity index (χ3n) is 4.29. The first-order valence-electron chi connectivity index (χ1n) is 8.12. The van der Waals surface area contributed by atoms with E-state index in [0.29, 0.717) is 27.2 Å². The highest BCUT2D eigenvalue weighted by Gasteiger charge is 2.22. The molecule has 4 rings (SSSR count). The van der Waals surface area contributed by atoms with Gasteiger partial charge in [-0.2, -0.15) is 0 Å². The monoisotopic (exact) mass is 359 g/mol. The van der Waals surface area contributed by atoms with Crippen molar-refractivity contribution in [3.8, 4) is 22.4 Å². The quantitative estimate of drug-likeness (QED) is 0.494. The molecule has 0 fully saturated rings. The fourth-order valence-corrected chi connectivity index (χ4v) is 3.26. The number of halogens is 1. The van der Waals surface area contributed by atoms with Crippen LogP contribution in [-0.4, -0.2) is 16.1 Å². The summed E-state index contributed by atoms with van der Waals surface area (Å²) in [6.45, 7) is 0. The molecule has 3 nitrogen and oxygen atoms in total. The minimum atomic E-state index is -0.981. The SMILES string of the molecule is O=C(O)c1c(-c2ccc(Cl)cc2)c(-c2ccccc2)nc2ccccc12. The number of aromatic carboxylic acids is 1. The summed E-state index contributed by atoms with van der Waals surface area (Å²) < 4.78 is 0. The van der Waals surface area contributed by atoms with E-state index in [1.807, 2.05) is 60.7 Å². The number of benzene rings is 3. The Kier molecular flexibility index (Phi) is 4.15. The molecule has 0 saturated carbocycles. The van der Waals surface area contributed by atoms with Crippen LogP contribution in [0.1, 0.15) is 10.4 Å². The third-order valence-corrected chi connectivity index (χ3v) is 4.54. The molecule has 0 unspecified atom stereocenters. The Morgan fingerprint density at radius 1 is 0.808 bits per heavy atom. The molecule has 0 spiro atoms. The Hall–Kier alpha value is -3.17. The van der Waals surface area contributed by atoms with Crippen LogP contribution in [0.2, 0.25) is 5.02 Å². The first kappa shape index (κ1) is 16.3. The van der Waals surface area contributed by atoms with Gasteiger partial charge in [-0.3, -0.25) is 0 Å². The molecule has 1 N–H and O–H groups in total. The van der Waals surface area contributed by atoms with E-state index in [4.69, 9.17) is 16.6 Å². The van der Waals surface area contributed by atoms with Gasteiger partial charge in [0.1, 0.15) is 0 Å². The number of fused-ring (bicyclic) bond motifs is 1. The lowest BCUT2D eigenvalue weighted by molar-refractivity contribution is 0.0700.